The molecular formula is C13H18N2O3. The lowest BCUT2D eigenvalue weighted by molar-refractivity contribution is -0.117. The second kappa shape index (κ2) is 5.18. The number of carbonyl (C=O) groups is 2. The van der Waals surface area contributed by atoms with Crippen LogP contribution < -0.4 is 11.1 Å². The highest BCUT2D eigenvalue weighted by Gasteiger charge is 2.17. The van der Waals surface area contributed by atoms with Gasteiger partial charge in [0.25, 0.3) is 0 Å². The highest BCUT2D eigenvalue weighted by molar-refractivity contribution is 5.95. The summed E-state index contributed by atoms with van der Waals surface area (Å²) in [5.74, 6) is -1.25. The zero-order chi connectivity index (χ0) is 13.9. The van der Waals surface area contributed by atoms with E-state index in [-0.39, 0.29) is 17.9 Å². The first-order valence-corrected chi connectivity index (χ1v) is 5.62. The maximum absolute atomic E-state index is 11.7. The summed E-state index contributed by atoms with van der Waals surface area (Å²) in [5.41, 5.74) is 6.61. The molecule has 4 N–H and O–H groups in total. The molecule has 0 aliphatic heterocycles. The van der Waals surface area contributed by atoms with Crippen molar-refractivity contribution in [1.29, 1.82) is 0 Å². The first-order chi connectivity index (χ1) is 8.19. The third-order valence-corrected chi connectivity index (χ3v) is 2.37. The third kappa shape index (κ3) is 4.18. The molecule has 0 heterocycles. The van der Waals surface area contributed by atoms with Crippen LogP contribution in [-0.4, -0.2) is 22.5 Å². The summed E-state index contributed by atoms with van der Waals surface area (Å²) in [6, 6.07) is 4.60. The number of rotatable bonds is 4. The van der Waals surface area contributed by atoms with Crippen molar-refractivity contribution in [3.8, 4) is 0 Å². The Kier molecular flexibility index (Phi) is 4.08. The number of aryl methyl sites for hydroxylation is 1. The van der Waals surface area contributed by atoms with Gasteiger partial charge in [0, 0.05) is 17.6 Å². The molecule has 0 aliphatic rings. The smallest absolute Gasteiger partial charge is 0.335 e. The number of amides is 1. The molecule has 0 aromatic heterocycles. The third-order valence-electron chi connectivity index (χ3n) is 2.37. The fourth-order valence-electron chi connectivity index (χ4n) is 1.50. The van der Waals surface area contributed by atoms with Crippen LogP contribution in [-0.2, 0) is 4.79 Å². The van der Waals surface area contributed by atoms with Crippen LogP contribution in [0, 0.1) is 6.92 Å². The minimum absolute atomic E-state index is 0.142. The van der Waals surface area contributed by atoms with Gasteiger partial charge in [-0.2, -0.15) is 0 Å². The van der Waals surface area contributed by atoms with Crippen molar-refractivity contribution < 1.29 is 14.7 Å². The van der Waals surface area contributed by atoms with Crippen molar-refractivity contribution in [2.24, 2.45) is 5.73 Å². The Labute approximate surface area is 106 Å². The second-order valence-electron chi connectivity index (χ2n) is 5.05. The van der Waals surface area contributed by atoms with Gasteiger partial charge in [-0.3, -0.25) is 4.79 Å². The Balaban J connectivity index is 2.87. The number of hydrogen-bond acceptors (Lipinski definition) is 3. The van der Waals surface area contributed by atoms with Crippen molar-refractivity contribution in [2.75, 3.05) is 5.32 Å². The molecule has 0 saturated heterocycles. The topological polar surface area (TPSA) is 92.4 Å². The Hall–Kier alpha value is -1.88. The highest BCUT2D eigenvalue weighted by Crippen LogP contribution is 2.18. The maximum atomic E-state index is 11.7. The summed E-state index contributed by atoms with van der Waals surface area (Å²) in [4.78, 5) is 22.6. The van der Waals surface area contributed by atoms with Crippen molar-refractivity contribution >= 4 is 17.6 Å². The van der Waals surface area contributed by atoms with E-state index in [1.807, 2.05) is 0 Å². The molecule has 1 aromatic carbocycles. The first kappa shape index (κ1) is 14.2. The number of carbonyl (C=O) groups excluding carboxylic acids is 1. The molecule has 1 amide bonds. The summed E-state index contributed by atoms with van der Waals surface area (Å²) < 4.78 is 0. The van der Waals surface area contributed by atoms with E-state index in [0.717, 1.165) is 5.56 Å². The standard InChI is InChI=1S/C13H18N2O3/c1-8-4-5-9(12(17)18)6-10(8)15-11(16)7-13(2,3)14/h4-6H,7,14H2,1-3H3,(H,15,16)(H,17,18). The zero-order valence-electron chi connectivity index (χ0n) is 10.8. The van der Waals surface area contributed by atoms with Gasteiger partial charge in [0.2, 0.25) is 5.91 Å². The number of nitrogens with one attached hydrogen (secondary N) is 1. The molecule has 18 heavy (non-hydrogen) atoms. The predicted molar refractivity (Wildman–Crippen MR) is 69.7 cm³/mol. The lowest BCUT2D eigenvalue weighted by atomic mass is 10.0. The van der Waals surface area contributed by atoms with Crippen LogP contribution in [0.3, 0.4) is 0 Å². The minimum Gasteiger partial charge on any atom is -0.478 e. The predicted octanol–water partition coefficient (Wildman–Crippen LogP) is 1.76. The quantitative estimate of drug-likeness (QED) is 0.759. The number of carboxylic acid groups (broad SMARTS) is 1. The number of aromatic carboxylic acids is 1. The van der Waals surface area contributed by atoms with E-state index >= 15 is 0 Å². The van der Waals surface area contributed by atoms with Crippen LogP contribution in [0.5, 0.6) is 0 Å². The van der Waals surface area contributed by atoms with E-state index in [1.165, 1.54) is 12.1 Å². The molecule has 0 unspecified atom stereocenters. The molecule has 0 spiro atoms. The van der Waals surface area contributed by atoms with Gasteiger partial charge in [-0.1, -0.05) is 6.07 Å². The number of anilines is 1. The average Bonchev–Trinajstić information content (AvgIpc) is 2.18. The van der Waals surface area contributed by atoms with E-state index < -0.39 is 11.5 Å². The minimum atomic E-state index is -1.02. The van der Waals surface area contributed by atoms with Gasteiger partial charge < -0.3 is 16.2 Å². The molecule has 98 valence electrons. The summed E-state index contributed by atoms with van der Waals surface area (Å²) in [5, 5.41) is 11.6. The van der Waals surface area contributed by atoms with Crippen LogP contribution in [0.2, 0.25) is 0 Å². The molecule has 0 bridgehead atoms. The van der Waals surface area contributed by atoms with Crippen molar-refractivity contribution in [3.63, 3.8) is 0 Å². The van der Waals surface area contributed by atoms with Crippen LogP contribution in [0.15, 0.2) is 18.2 Å². The molecule has 1 aromatic rings. The Morgan fingerprint density at radius 3 is 2.50 bits per heavy atom. The van der Waals surface area contributed by atoms with Gasteiger partial charge in [-0.05, 0) is 38.5 Å². The van der Waals surface area contributed by atoms with Gasteiger partial charge in [0.05, 0.1) is 5.56 Å². The van der Waals surface area contributed by atoms with Crippen molar-refractivity contribution in [1.82, 2.24) is 0 Å². The largest absolute Gasteiger partial charge is 0.478 e. The summed E-state index contributed by atoms with van der Waals surface area (Å²) in [6.45, 7) is 5.31. The zero-order valence-corrected chi connectivity index (χ0v) is 10.8. The first-order valence-electron chi connectivity index (χ1n) is 5.62. The Morgan fingerprint density at radius 2 is 2.00 bits per heavy atom. The van der Waals surface area contributed by atoms with Gasteiger partial charge in [-0.25, -0.2) is 4.79 Å². The Morgan fingerprint density at radius 1 is 1.39 bits per heavy atom. The molecule has 0 fully saturated rings. The average molecular weight is 250 g/mol. The molecule has 0 aliphatic carbocycles. The molecule has 1 rings (SSSR count). The van der Waals surface area contributed by atoms with Crippen LogP contribution in [0.25, 0.3) is 0 Å². The van der Waals surface area contributed by atoms with Gasteiger partial charge in [-0.15, -0.1) is 0 Å². The number of benzene rings is 1. The van der Waals surface area contributed by atoms with Crippen molar-refractivity contribution in [2.45, 2.75) is 32.7 Å². The van der Waals surface area contributed by atoms with Crippen LogP contribution in [0.4, 0.5) is 5.69 Å². The lowest BCUT2D eigenvalue weighted by Crippen LogP contribution is -2.36. The lowest BCUT2D eigenvalue weighted by Gasteiger charge is -2.18. The fraction of sp³-hybridized carbons (Fsp3) is 0.385. The normalized spacial score (nSPS) is 11.1. The van der Waals surface area contributed by atoms with Gasteiger partial charge >= 0.3 is 5.97 Å². The second-order valence-corrected chi connectivity index (χ2v) is 5.05. The van der Waals surface area contributed by atoms with Crippen LogP contribution >= 0.6 is 0 Å². The van der Waals surface area contributed by atoms with E-state index in [0.29, 0.717) is 5.69 Å². The van der Waals surface area contributed by atoms with E-state index in [9.17, 15) is 9.59 Å². The van der Waals surface area contributed by atoms with Gasteiger partial charge in [0.15, 0.2) is 0 Å². The summed E-state index contributed by atoms with van der Waals surface area (Å²) in [6.07, 6.45) is 0.170. The van der Waals surface area contributed by atoms with E-state index in [4.69, 9.17) is 10.8 Å². The summed E-state index contributed by atoms with van der Waals surface area (Å²) >= 11 is 0. The molecule has 0 atom stereocenters. The highest BCUT2D eigenvalue weighted by atomic mass is 16.4. The van der Waals surface area contributed by atoms with Gasteiger partial charge in [0.1, 0.15) is 0 Å². The van der Waals surface area contributed by atoms with E-state index in [2.05, 4.69) is 5.32 Å². The Bertz CT molecular complexity index is 476. The molecule has 5 nitrogen and oxygen atoms in total. The van der Waals surface area contributed by atoms with E-state index in [1.54, 1.807) is 26.8 Å². The maximum Gasteiger partial charge on any atom is 0.335 e. The molecule has 0 saturated carbocycles. The molecular weight excluding hydrogens is 232 g/mol. The van der Waals surface area contributed by atoms with Crippen molar-refractivity contribution in [3.05, 3.63) is 29.3 Å². The SMILES string of the molecule is Cc1ccc(C(=O)O)cc1NC(=O)CC(C)(C)N. The summed E-state index contributed by atoms with van der Waals surface area (Å²) in [7, 11) is 0. The number of hydrogen-bond donors (Lipinski definition) is 3. The number of carboxylic acids is 1. The fourth-order valence-corrected chi connectivity index (χ4v) is 1.50. The molecule has 5 heteroatoms. The van der Waals surface area contributed by atoms with Crippen LogP contribution in [0.1, 0.15) is 36.2 Å². The molecule has 0 radical (unpaired) electrons. The monoisotopic (exact) mass is 250 g/mol. The number of nitrogens with two attached hydrogens (primary N) is 1.